The van der Waals surface area contributed by atoms with Gasteiger partial charge in [-0.2, -0.15) is 0 Å². The number of halogens is 1. The predicted molar refractivity (Wildman–Crippen MR) is 51.1 cm³/mol. The van der Waals surface area contributed by atoms with Crippen molar-refractivity contribution in [2.75, 3.05) is 6.54 Å². The SMILES string of the molecule is Cl.[C-]#[N+]C/C=C\C(C)(N)C(C)=O. The van der Waals surface area contributed by atoms with Crippen LogP contribution in [0.15, 0.2) is 12.2 Å². The van der Waals surface area contributed by atoms with Crippen molar-refractivity contribution in [2.45, 2.75) is 19.4 Å². The molecule has 0 bridgehead atoms. The largest absolute Gasteiger partial charge is 0.316 e. The molecule has 4 heteroatoms. The Balaban J connectivity index is 0. The Morgan fingerprint density at radius 1 is 1.75 bits per heavy atom. The highest BCUT2D eigenvalue weighted by molar-refractivity contribution is 5.87. The molecule has 68 valence electrons. The van der Waals surface area contributed by atoms with Crippen molar-refractivity contribution in [1.82, 2.24) is 0 Å². The molecular weight excluding hydrogens is 176 g/mol. The molecule has 0 aliphatic rings. The van der Waals surface area contributed by atoms with Gasteiger partial charge >= 0.3 is 0 Å². The van der Waals surface area contributed by atoms with Crippen LogP contribution < -0.4 is 5.73 Å². The van der Waals surface area contributed by atoms with Gasteiger partial charge in [-0.15, -0.1) is 12.4 Å². The summed E-state index contributed by atoms with van der Waals surface area (Å²) >= 11 is 0. The molecule has 0 aromatic heterocycles. The van der Waals surface area contributed by atoms with E-state index in [2.05, 4.69) is 4.85 Å². The van der Waals surface area contributed by atoms with Gasteiger partial charge in [0.1, 0.15) is 0 Å². The van der Waals surface area contributed by atoms with E-state index in [1.165, 1.54) is 6.92 Å². The Kier molecular flexibility index (Phi) is 6.58. The summed E-state index contributed by atoms with van der Waals surface area (Å²) in [5.41, 5.74) is 4.65. The van der Waals surface area contributed by atoms with E-state index in [9.17, 15) is 4.79 Å². The van der Waals surface area contributed by atoms with Crippen LogP contribution in [0.25, 0.3) is 4.85 Å². The van der Waals surface area contributed by atoms with Crippen molar-refractivity contribution in [2.24, 2.45) is 5.73 Å². The molecule has 0 saturated heterocycles. The van der Waals surface area contributed by atoms with E-state index >= 15 is 0 Å². The Labute approximate surface area is 78.9 Å². The number of hydrogen-bond donors (Lipinski definition) is 1. The number of nitrogens with two attached hydrogens (primary N) is 1. The van der Waals surface area contributed by atoms with Gasteiger partial charge in [-0.1, -0.05) is 6.08 Å². The molecule has 2 N–H and O–H groups in total. The monoisotopic (exact) mass is 188 g/mol. The van der Waals surface area contributed by atoms with Gasteiger partial charge in [0.15, 0.2) is 5.78 Å². The van der Waals surface area contributed by atoms with Gasteiger partial charge < -0.3 is 10.6 Å². The third kappa shape index (κ3) is 4.89. The molecule has 0 amide bonds. The van der Waals surface area contributed by atoms with Crippen LogP contribution in [0.5, 0.6) is 0 Å². The summed E-state index contributed by atoms with van der Waals surface area (Å²) in [5, 5.41) is 0. The smallest absolute Gasteiger partial charge is 0.233 e. The third-order valence-corrected chi connectivity index (χ3v) is 1.42. The highest BCUT2D eigenvalue weighted by Crippen LogP contribution is 2.02. The summed E-state index contributed by atoms with van der Waals surface area (Å²) in [5.74, 6) is -0.0984. The highest BCUT2D eigenvalue weighted by Gasteiger charge is 2.19. The van der Waals surface area contributed by atoms with Crippen LogP contribution in [0, 0.1) is 6.57 Å². The van der Waals surface area contributed by atoms with E-state index in [0.29, 0.717) is 0 Å². The van der Waals surface area contributed by atoms with Gasteiger partial charge in [0, 0.05) is 0 Å². The minimum absolute atomic E-state index is 0. The number of carbonyl (C=O) groups is 1. The number of rotatable bonds is 3. The van der Waals surface area contributed by atoms with Gasteiger partial charge in [-0.3, -0.25) is 4.79 Å². The summed E-state index contributed by atoms with van der Waals surface area (Å²) in [4.78, 5) is 13.9. The molecule has 0 saturated carbocycles. The van der Waals surface area contributed by atoms with Crippen LogP contribution in [0.3, 0.4) is 0 Å². The number of Topliss-reactive ketones (excluding diaryl/α,β-unsaturated/α-hetero) is 1. The summed E-state index contributed by atoms with van der Waals surface area (Å²) in [6, 6.07) is 0. The maximum atomic E-state index is 10.8. The fourth-order valence-electron chi connectivity index (χ4n) is 0.468. The first-order valence-electron chi connectivity index (χ1n) is 3.31. The summed E-state index contributed by atoms with van der Waals surface area (Å²) in [6.45, 7) is 9.80. The lowest BCUT2D eigenvalue weighted by Crippen LogP contribution is -2.41. The highest BCUT2D eigenvalue weighted by atomic mass is 35.5. The van der Waals surface area contributed by atoms with Gasteiger partial charge in [0.05, 0.1) is 5.54 Å². The van der Waals surface area contributed by atoms with Gasteiger partial charge in [-0.25, -0.2) is 6.57 Å². The number of ketones is 1. The van der Waals surface area contributed by atoms with Crippen LogP contribution in [-0.4, -0.2) is 17.9 Å². The fraction of sp³-hybridized carbons (Fsp3) is 0.500. The minimum Gasteiger partial charge on any atom is -0.316 e. The van der Waals surface area contributed by atoms with E-state index in [0.717, 1.165) is 0 Å². The van der Waals surface area contributed by atoms with Gasteiger partial charge in [0.25, 0.3) is 0 Å². The maximum absolute atomic E-state index is 10.8. The van der Waals surface area contributed by atoms with Crippen molar-refractivity contribution in [3.63, 3.8) is 0 Å². The molecular formula is C8H13ClN2O. The topological polar surface area (TPSA) is 47.5 Å². The average Bonchev–Trinajstić information content (AvgIpc) is 1.88. The van der Waals surface area contributed by atoms with Crippen molar-refractivity contribution in [3.8, 4) is 0 Å². The second-order valence-corrected chi connectivity index (χ2v) is 2.58. The molecule has 0 aromatic carbocycles. The van der Waals surface area contributed by atoms with Gasteiger partial charge in [-0.05, 0) is 19.9 Å². The van der Waals surface area contributed by atoms with Crippen molar-refractivity contribution in [3.05, 3.63) is 23.6 Å². The molecule has 0 aliphatic carbocycles. The van der Waals surface area contributed by atoms with Crippen molar-refractivity contribution >= 4 is 18.2 Å². The van der Waals surface area contributed by atoms with Crippen LogP contribution in [0.1, 0.15) is 13.8 Å². The molecule has 0 heterocycles. The Bertz CT molecular complexity index is 216. The Morgan fingerprint density at radius 3 is 2.58 bits per heavy atom. The first-order chi connectivity index (χ1) is 5.00. The maximum Gasteiger partial charge on any atom is 0.233 e. The van der Waals surface area contributed by atoms with Crippen molar-refractivity contribution < 1.29 is 4.79 Å². The second kappa shape index (κ2) is 5.76. The quantitative estimate of drug-likeness (QED) is 0.534. The lowest BCUT2D eigenvalue weighted by molar-refractivity contribution is -0.120. The van der Waals surface area contributed by atoms with Gasteiger partial charge in [0.2, 0.25) is 6.54 Å². The van der Waals surface area contributed by atoms with E-state index < -0.39 is 5.54 Å². The van der Waals surface area contributed by atoms with E-state index in [1.54, 1.807) is 19.1 Å². The molecule has 1 unspecified atom stereocenters. The summed E-state index contributed by atoms with van der Waals surface area (Å²) in [7, 11) is 0. The molecule has 0 fully saturated rings. The molecule has 0 radical (unpaired) electrons. The summed E-state index contributed by atoms with van der Waals surface area (Å²) in [6.07, 6.45) is 3.17. The number of hydrogen-bond acceptors (Lipinski definition) is 2. The van der Waals surface area contributed by atoms with Crippen molar-refractivity contribution in [1.29, 1.82) is 0 Å². The molecule has 12 heavy (non-hydrogen) atoms. The second-order valence-electron chi connectivity index (χ2n) is 2.58. The lowest BCUT2D eigenvalue weighted by atomic mass is 9.99. The molecule has 3 nitrogen and oxygen atoms in total. The van der Waals surface area contributed by atoms with Crippen LogP contribution in [-0.2, 0) is 4.79 Å². The summed E-state index contributed by atoms with van der Waals surface area (Å²) < 4.78 is 0. The number of nitrogens with zero attached hydrogens (tertiary/aromatic N) is 1. The average molecular weight is 189 g/mol. The first kappa shape index (κ1) is 13.7. The van der Waals surface area contributed by atoms with E-state index in [1.807, 2.05) is 0 Å². The van der Waals surface area contributed by atoms with Crippen LogP contribution >= 0.6 is 12.4 Å². The van der Waals surface area contributed by atoms with E-state index in [4.69, 9.17) is 12.3 Å². The standard InChI is InChI=1S/C8H12N2O.ClH/c1-7(11)8(2,9)5-4-6-10-3;/h4-5H,6,9H2,1-2H3;1H/b5-4-;. The Hall–Kier alpha value is -0.850. The Morgan fingerprint density at radius 2 is 2.25 bits per heavy atom. The normalized spacial score (nSPS) is 14.5. The molecule has 0 spiro atoms. The lowest BCUT2D eigenvalue weighted by Gasteiger charge is -2.14. The molecule has 0 aromatic rings. The fourth-order valence-corrected chi connectivity index (χ4v) is 0.468. The number of carbonyl (C=O) groups excluding carboxylic acids is 1. The molecule has 0 aliphatic heterocycles. The van der Waals surface area contributed by atoms with E-state index in [-0.39, 0.29) is 24.7 Å². The molecule has 0 rings (SSSR count). The zero-order valence-corrected chi connectivity index (χ0v) is 8.02. The predicted octanol–water partition coefficient (Wildman–Crippen LogP) is 1.19. The zero-order valence-electron chi connectivity index (χ0n) is 7.20. The first-order valence-corrected chi connectivity index (χ1v) is 3.31. The molecule has 1 atom stereocenters. The van der Waals surface area contributed by atoms with Crippen LogP contribution in [0.2, 0.25) is 0 Å². The third-order valence-electron chi connectivity index (χ3n) is 1.42. The van der Waals surface area contributed by atoms with Crippen LogP contribution in [0.4, 0.5) is 0 Å². The minimum atomic E-state index is -0.912. The zero-order chi connectivity index (χ0) is 8.91.